The summed E-state index contributed by atoms with van der Waals surface area (Å²) in [7, 11) is -1.79. The molecule has 1 heterocycles. The van der Waals surface area contributed by atoms with Crippen LogP contribution in [0.2, 0.25) is 10.0 Å². The van der Waals surface area contributed by atoms with Gasteiger partial charge < -0.3 is 10.2 Å². The predicted molar refractivity (Wildman–Crippen MR) is 130 cm³/mol. The fourth-order valence-electron chi connectivity index (χ4n) is 3.83. The van der Waals surface area contributed by atoms with Crippen molar-refractivity contribution >= 4 is 44.8 Å². The molecule has 9 heteroatoms. The number of benzene rings is 2. The second-order valence-electron chi connectivity index (χ2n) is 8.14. The summed E-state index contributed by atoms with van der Waals surface area (Å²) in [5.74, 6) is -0.483. The van der Waals surface area contributed by atoms with Gasteiger partial charge >= 0.3 is 0 Å². The number of piperidine rings is 1. The summed E-state index contributed by atoms with van der Waals surface area (Å²) in [6, 6.07) is 13.0. The van der Waals surface area contributed by atoms with Gasteiger partial charge in [0.15, 0.2) is 0 Å². The van der Waals surface area contributed by atoms with Crippen LogP contribution in [0.5, 0.6) is 0 Å². The molecule has 1 N–H and O–H groups in total. The van der Waals surface area contributed by atoms with E-state index in [0.29, 0.717) is 36.5 Å². The van der Waals surface area contributed by atoms with Crippen LogP contribution >= 0.6 is 23.2 Å². The number of nitrogens with one attached hydrogen (secondary N) is 1. The molecule has 0 aliphatic carbocycles. The Morgan fingerprint density at radius 3 is 2.62 bits per heavy atom. The molecule has 0 bridgehead atoms. The Kier molecular flexibility index (Phi) is 8.44. The second kappa shape index (κ2) is 10.9. The van der Waals surface area contributed by atoms with Crippen molar-refractivity contribution in [2.24, 2.45) is 5.92 Å². The van der Waals surface area contributed by atoms with Crippen LogP contribution in [0.3, 0.4) is 0 Å². The first-order chi connectivity index (χ1) is 15.2. The third-order valence-electron chi connectivity index (χ3n) is 5.75. The zero-order valence-corrected chi connectivity index (χ0v) is 20.7. The highest BCUT2D eigenvalue weighted by molar-refractivity contribution is 7.89. The first-order valence-corrected chi connectivity index (χ1v) is 12.9. The molecule has 32 heavy (non-hydrogen) atoms. The minimum atomic E-state index is -3.81. The van der Waals surface area contributed by atoms with Gasteiger partial charge in [-0.05, 0) is 56.0 Å². The zero-order chi connectivity index (χ0) is 23.3. The van der Waals surface area contributed by atoms with Gasteiger partial charge in [-0.1, -0.05) is 41.4 Å². The number of carbonyl (C=O) groups is 1. The number of sulfonamides is 1. The molecular weight excluding hydrogens is 469 g/mol. The zero-order valence-electron chi connectivity index (χ0n) is 18.4. The van der Waals surface area contributed by atoms with E-state index in [1.165, 1.54) is 16.4 Å². The van der Waals surface area contributed by atoms with Crippen molar-refractivity contribution < 1.29 is 13.2 Å². The molecule has 1 fully saturated rings. The highest BCUT2D eigenvalue weighted by Crippen LogP contribution is 2.32. The average molecular weight is 498 g/mol. The molecule has 1 atom stereocenters. The van der Waals surface area contributed by atoms with Crippen LogP contribution in [0, 0.1) is 12.8 Å². The number of halogens is 2. The van der Waals surface area contributed by atoms with Gasteiger partial charge in [0, 0.05) is 43.9 Å². The molecule has 1 saturated heterocycles. The van der Waals surface area contributed by atoms with E-state index in [2.05, 4.69) is 10.2 Å². The third-order valence-corrected chi connectivity index (χ3v) is 8.49. The number of para-hydroxylation sites is 1. The van der Waals surface area contributed by atoms with Crippen molar-refractivity contribution in [1.29, 1.82) is 0 Å². The number of rotatable bonds is 8. The van der Waals surface area contributed by atoms with Crippen LogP contribution in [-0.2, 0) is 14.8 Å². The largest absolute Gasteiger partial charge is 0.375 e. The minimum Gasteiger partial charge on any atom is -0.375 e. The number of amides is 1. The molecule has 1 unspecified atom stereocenters. The van der Waals surface area contributed by atoms with Crippen molar-refractivity contribution in [3.05, 3.63) is 58.1 Å². The Bertz CT molecular complexity index is 1050. The van der Waals surface area contributed by atoms with Crippen molar-refractivity contribution in [1.82, 2.24) is 9.62 Å². The summed E-state index contributed by atoms with van der Waals surface area (Å²) >= 11 is 12.2. The first-order valence-electron chi connectivity index (χ1n) is 10.7. The predicted octanol–water partition coefficient (Wildman–Crippen LogP) is 4.35. The second-order valence-corrected chi connectivity index (χ2v) is 10.9. The smallest absolute Gasteiger partial charge is 0.244 e. The summed E-state index contributed by atoms with van der Waals surface area (Å²) in [5, 5.41) is 3.48. The Balaban J connectivity index is 1.55. The highest BCUT2D eigenvalue weighted by atomic mass is 35.5. The number of aryl methyl sites for hydroxylation is 1. The van der Waals surface area contributed by atoms with Gasteiger partial charge in [0.05, 0.1) is 10.9 Å². The Morgan fingerprint density at radius 2 is 1.91 bits per heavy atom. The van der Waals surface area contributed by atoms with Crippen LogP contribution in [0.15, 0.2) is 47.4 Å². The lowest BCUT2D eigenvalue weighted by Crippen LogP contribution is -2.45. The van der Waals surface area contributed by atoms with Crippen LogP contribution in [0.1, 0.15) is 24.8 Å². The van der Waals surface area contributed by atoms with E-state index in [-0.39, 0.29) is 28.3 Å². The summed E-state index contributed by atoms with van der Waals surface area (Å²) in [4.78, 5) is 14.9. The van der Waals surface area contributed by atoms with Crippen LogP contribution in [-0.4, -0.2) is 51.9 Å². The van der Waals surface area contributed by atoms with Gasteiger partial charge in [0.1, 0.15) is 4.90 Å². The number of carbonyl (C=O) groups excluding carboxylic acids is 1. The summed E-state index contributed by atoms with van der Waals surface area (Å²) < 4.78 is 27.7. The van der Waals surface area contributed by atoms with E-state index in [9.17, 15) is 13.2 Å². The van der Waals surface area contributed by atoms with E-state index in [1.807, 2.05) is 37.4 Å². The van der Waals surface area contributed by atoms with Crippen molar-refractivity contribution in [2.75, 3.05) is 38.1 Å². The topological polar surface area (TPSA) is 69.7 Å². The highest BCUT2D eigenvalue weighted by Gasteiger charge is 2.34. The molecule has 6 nitrogen and oxygen atoms in total. The molecule has 0 spiro atoms. The van der Waals surface area contributed by atoms with E-state index in [1.54, 1.807) is 6.92 Å². The summed E-state index contributed by atoms with van der Waals surface area (Å²) in [5.41, 5.74) is 1.77. The molecule has 3 rings (SSSR count). The van der Waals surface area contributed by atoms with Crippen LogP contribution < -0.4 is 10.2 Å². The molecule has 2 aromatic rings. The van der Waals surface area contributed by atoms with Crippen LogP contribution in [0.25, 0.3) is 0 Å². The van der Waals surface area contributed by atoms with Crippen molar-refractivity contribution in [2.45, 2.75) is 31.1 Å². The molecule has 0 radical (unpaired) electrons. The molecule has 0 saturated carbocycles. The van der Waals surface area contributed by atoms with E-state index in [0.717, 1.165) is 18.7 Å². The molecule has 2 aromatic carbocycles. The maximum absolute atomic E-state index is 13.2. The molecular formula is C23H29Cl2N3O3S. The Labute approximate surface area is 200 Å². The third kappa shape index (κ3) is 5.95. The standard InChI is InChI=1S/C23H29Cl2N3O3S/c1-17-14-22(21(25)15-20(17)24)32(30,31)28-13-6-8-18(16-28)23(29)26-11-7-12-27(2)19-9-4-3-5-10-19/h3-5,9-10,14-15,18H,6-8,11-13,16H2,1-2H3,(H,26,29). The molecule has 1 aliphatic heterocycles. The maximum atomic E-state index is 13.2. The van der Waals surface area contributed by atoms with E-state index < -0.39 is 10.0 Å². The molecule has 174 valence electrons. The average Bonchev–Trinajstić information content (AvgIpc) is 2.79. The number of hydrogen-bond donors (Lipinski definition) is 1. The van der Waals surface area contributed by atoms with Gasteiger partial charge in [0.2, 0.25) is 15.9 Å². The number of anilines is 1. The molecule has 1 aliphatic rings. The SMILES string of the molecule is Cc1cc(S(=O)(=O)N2CCCC(C(=O)NCCCN(C)c3ccccc3)C2)c(Cl)cc1Cl. The van der Waals surface area contributed by atoms with Gasteiger partial charge in [0.25, 0.3) is 0 Å². The minimum absolute atomic E-state index is 0.0334. The number of hydrogen-bond acceptors (Lipinski definition) is 4. The van der Waals surface area contributed by atoms with Crippen molar-refractivity contribution in [3.8, 4) is 0 Å². The van der Waals surface area contributed by atoms with Gasteiger partial charge in [-0.25, -0.2) is 8.42 Å². The molecule has 0 aromatic heterocycles. The molecule has 1 amide bonds. The first kappa shape index (κ1) is 24.8. The fraction of sp³-hybridized carbons (Fsp3) is 0.435. The quantitative estimate of drug-likeness (QED) is 0.550. The lowest BCUT2D eigenvalue weighted by molar-refractivity contribution is -0.126. The van der Waals surface area contributed by atoms with Crippen molar-refractivity contribution in [3.63, 3.8) is 0 Å². The van der Waals surface area contributed by atoms with Crippen LogP contribution in [0.4, 0.5) is 5.69 Å². The van der Waals surface area contributed by atoms with Gasteiger partial charge in [-0.15, -0.1) is 0 Å². The maximum Gasteiger partial charge on any atom is 0.244 e. The normalized spacial score (nSPS) is 17.2. The Morgan fingerprint density at radius 1 is 1.19 bits per heavy atom. The summed E-state index contributed by atoms with van der Waals surface area (Å²) in [6.07, 6.45) is 2.08. The summed E-state index contributed by atoms with van der Waals surface area (Å²) in [6.45, 7) is 3.60. The monoisotopic (exact) mass is 497 g/mol. The lowest BCUT2D eigenvalue weighted by Gasteiger charge is -2.31. The number of nitrogens with zero attached hydrogens (tertiary/aromatic N) is 2. The van der Waals surface area contributed by atoms with E-state index in [4.69, 9.17) is 23.2 Å². The van der Waals surface area contributed by atoms with Gasteiger partial charge in [-0.2, -0.15) is 4.31 Å². The lowest BCUT2D eigenvalue weighted by atomic mass is 9.99. The van der Waals surface area contributed by atoms with E-state index >= 15 is 0 Å². The Hall–Kier alpha value is -1.80. The fourth-order valence-corrected chi connectivity index (χ4v) is 6.16. The van der Waals surface area contributed by atoms with Gasteiger partial charge in [-0.3, -0.25) is 4.79 Å².